The first-order valence-electron chi connectivity index (χ1n) is 17.2. The molecule has 5 aromatic rings. The van der Waals surface area contributed by atoms with Crippen molar-refractivity contribution in [1.29, 1.82) is 0 Å². The van der Waals surface area contributed by atoms with Gasteiger partial charge in [-0.1, -0.05) is 42.5 Å². The number of nitrogens with zero attached hydrogens (tertiary/aromatic N) is 4. The maximum atomic E-state index is 13.4. The number of carbonyl (C=O) groups excluding carboxylic acids is 2. The first-order valence-corrected chi connectivity index (χ1v) is 18.9. The summed E-state index contributed by atoms with van der Waals surface area (Å²) in [6, 6.07) is 20.7. The number of aromatic nitrogens is 3. The van der Waals surface area contributed by atoms with Crippen molar-refractivity contribution in [1.82, 2.24) is 19.9 Å². The number of methoxy groups -OCH3 is 1. The maximum Gasteiger partial charge on any atom is 0.410 e. The van der Waals surface area contributed by atoms with Crippen LogP contribution < -0.4 is 14.8 Å². The number of aryl methyl sites for hydroxylation is 1. The fraction of sp³-hybridized carbons (Fsp3) is 0.308. The van der Waals surface area contributed by atoms with Crippen LogP contribution in [0.2, 0.25) is 0 Å². The Balaban J connectivity index is 1.24. The number of carbonyl (C=O) groups is 2. The largest absolute Gasteiger partial charge is 0.465 e. The van der Waals surface area contributed by atoms with E-state index in [1.165, 1.54) is 13.2 Å². The summed E-state index contributed by atoms with van der Waals surface area (Å²) in [6.45, 7) is 8.53. The minimum atomic E-state index is -3.95. The Bertz CT molecular complexity index is 2260. The second kappa shape index (κ2) is 15.5. The summed E-state index contributed by atoms with van der Waals surface area (Å²) in [5.74, 6) is 0.154. The number of nitrogens with one attached hydrogen (secondary N) is 2. The van der Waals surface area contributed by atoms with Crippen LogP contribution in [0.3, 0.4) is 0 Å². The van der Waals surface area contributed by atoms with Gasteiger partial charge in [-0.05, 0) is 82.0 Å². The van der Waals surface area contributed by atoms with E-state index in [2.05, 4.69) is 20.0 Å². The number of esters is 1. The van der Waals surface area contributed by atoms with Gasteiger partial charge in [-0.25, -0.2) is 33.0 Å². The van der Waals surface area contributed by atoms with E-state index >= 15 is 0 Å². The summed E-state index contributed by atoms with van der Waals surface area (Å²) < 4.78 is 46.5. The average molecular weight is 739 g/mol. The van der Waals surface area contributed by atoms with Crippen molar-refractivity contribution in [3.05, 3.63) is 102 Å². The monoisotopic (exact) mass is 738 g/mol. The number of anilines is 2. The molecule has 1 atom stereocenters. The molecule has 2 aromatic heterocycles. The fourth-order valence-electron chi connectivity index (χ4n) is 6.14. The predicted octanol–water partition coefficient (Wildman–Crippen LogP) is 7.33. The van der Waals surface area contributed by atoms with Crippen LogP contribution >= 0.6 is 0 Å². The van der Waals surface area contributed by atoms with E-state index in [0.717, 1.165) is 18.4 Å². The Labute approximate surface area is 308 Å². The molecule has 0 radical (unpaired) electrons. The van der Waals surface area contributed by atoms with E-state index in [-0.39, 0.29) is 17.7 Å². The number of hydrogen-bond donors (Lipinski definition) is 2. The molecule has 1 saturated heterocycles. The first-order chi connectivity index (χ1) is 25.3. The van der Waals surface area contributed by atoms with Crippen LogP contribution in [0.25, 0.3) is 22.0 Å². The van der Waals surface area contributed by atoms with E-state index < -0.39 is 27.3 Å². The highest BCUT2D eigenvalue weighted by Crippen LogP contribution is 2.39. The molecule has 14 heteroatoms. The van der Waals surface area contributed by atoms with Crippen molar-refractivity contribution < 1.29 is 32.2 Å². The number of likely N-dealkylation sites (tertiary alicyclic amines) is 1. The molecule has 276 valence electrons. The van der Waals surface area contributed by atoms with Crippen LogP contribution in [-0.2, 0) is 25.2 Å². The lowest BCUT2D eigenvalue weighted by molar-refractivity contribution is 0.0206. The molecule has 1 aliphatic rings. The van der Waals surface area contributed by atoms with Gasteiger partial charge in [-0.3, -0.25) is 4.72 Å². The maximum absolute atomic E-state index is 13.4. The van der Waals surface area contributed by atoms with E-state index in [9.17, 15) is 18.0 Å². The van der Waals surface area contributed by atoms with Crippen molar-refractivity contribution in [2.24, 2.45) is 0 Å². The lowest BCUT2D eigenvalue weighted by Gasteiger charge is -2.34. The summed E-state index contributed by atoms with van der Waals surface area (Å²) >= 11 is 0. The second-order valence-corrected chi connectivity index (χ2v) is 15.5. The van der Waals surface area contributed by atoms with Gasteiger partial charge in [0.2, 0.25) is 21.9 Å². The lowest BCUT2D eigenvalue weighted by atomic mass is 10.0. The van der Waals surface area contributed by atoms with Gasteiger partial charge in [0.25, 0.3) is 0 Å². The van der Waals surface area contributed by atoms with Gasteiger partial charge >= 0.3 is 12.1 Å². The summed E-state index contributed by atoms with van der Waals surface area (Å²) in [5, 5.41) is 4.65. The van der Waals surface area contributed by atoms with Crippen molar-refractivity contribution in [2.75, 3.05) is 30.2 Å². The minimum absolute atomic E-state index is 0.0660. The number of hydrogen-bond acceptors (Lipinski definition) is 11. The Kier molecular flexibility index (Phi) is 10.8. The number of fused-ring (bicyclic) bond motifs is 1. The summed E-state index contributed by atoms with van der Waals surface area (Å²) in [4.78, 5) is 40.5. The van der Waals surface area contributed by atoms with Gasteiger partial charge in [0.05, 0.1) is 35.4 Å². The predicted molar refractivity (Wildman–Crippen MR) is 203 cm³/mol. The normalized spacial score (nSPS) is 14.7. The number of benzene rings is 3. The number of rotatable bonds is 10. The van der Waals surface area contributed by atoms with Crippen LogP contribution in [0, 0.1) is 6.92 Å². The van der Waals surface area contributed by atoms with Crippen LogP contribution in [-0.4, -0.2) is 72.2 Å². The second-order valence-electron chi connectivity index (χ2n) is 13.8. The van der Waals surface area contributed by atoms with Gasteiger partial charge in [0.15, 0.2) is 0 Å². The zero-order valence-electron chi connectivity index (χ0n) is 30.3. The molecule has 0 aliphatic carbocycles. The number of amides is 1. The number of sulfonamides is 1. The van der Waals surface area contributed by atoms with E-state index in [1.807, 2.05) is 52.0 Å². The minimum Gasteiger partial charge on any atom is -0.465 e. The Hall–Kier alpha value is -5.76. The van der Waals surface area contributed by atoms with Crippen LogP contribution in [0.15, 0.2) is 85.2 Å². The van der Waals surface area contributed by atoms with E-state index in [4.69, 9.17) is 19.2 Å². The highest BCUT2D eigenvalue weighted by Gasteiger charge is 2.28. The quantitative estimate of drug-likeness (QED) is 0.138. The third-order valence-electron chi connectivity index (χ3n) is 8.55. The van der Waals surface area contributed by atoms with E-state index in [0.29, 0.717) is 63.9 Å². The molecule has 0 unspecified atom stereocenters. The molecule has 1 fully saturated rings. The summed E-state index contributed by atoms with van der Waals surface area (Å²) in [7, 11) is -2.70. The van der Waals surface area contributed by atoms with Gasteiger partial charge in [0.1, 0.15) is 11.4 Å². The summed E-state index contributed by atoms with van der Waals surface area (Å²) in [6.07, 6.45) is 4.59. The van der Waals surface area contributed by atoms with Gasteiger partial charge in [-0.15, -0.1) is 0 Å². The molecule has 53 heavy (non-hydrogen) atoms. The Morgan fingerprint density at radius 1 is 0.943 bits per heavy atom. The molecular formula is C39H42N6O7S. The van der Waals surface area contributed by atoms with Gasteiger partial charge < -0.3 is 24.4 Å². The van der Waals surface area contributed by atoms with E-state index in [1.54, 1.807) is 59.8 Å². The Morgan fingerprint density at radius 2 is 1.75 bits per heavy atom. The number of ether oxygens (including phenoxy) is 3. The average Bonchev–Trinajstić information content (AvgIpc) is 3.12. The van der Waals surface area contributed by atoms with Crippen molar-refractivity contribution in [3.63, 3.8) is 0 Å². The molecule has 3 heterocycles. The third-order valence-corrected chi connectivity index (χ3v) is 9.77. The van der Waals surface area contributed by atoms with Gasteiger partial charge in [0, 0.05) is 42.3 Å². The number of pyridine rings is 1. The smallest absolute Gasteiger partial charge is 0.410 e. The van der Waals surface area contributed by atoms with Crippen molar-refractivity contribution in [2.45, 2.75) is 57.9 Å². The molecule has 0 bridgehead atoms. The van der Waals surface area contributed by atoms with Crippen molar-refractivity contribution >= 4 is 44.5 Å². The number of piperidine rings is 1. The Morgan fingerprint density at radius 3 is 2.55 bits per heavy atom. The highest BCUT2D eigenvalue weighted by molar-refractivity contribution is 7.91. The fourth-order valence-corrected chi connectivity index (χ4v) is 7.39. The SMILES string of the molecule is COC(=O)c1ccccc1CS(=O)(=O)Nc1cccc2c(Oc3ncccc3-c3ccnc(N[C@H]4CCCN(C(=O)OC(C)(C)C)C4)n3)c(C)ccc12. The summed E-state index contributed by atoms with van der Waals surface area (Å²) in [5.41, 5.74) is 2.27. The first kappa shape index (κ1) is 37.0. The van der Waals surface area contributed by atoms with Gasteiger partial charge in [-0.2, -0.15) is 0 Å². The van der Waals surface area contributed by atoms with Crippen molar-refractivity contribution in [3.8, 4) is 22.9 Å². The zero-order valence-corrected chi connectivity index (χ0v) is 31.1. The standard InChI is InChI=1S/C39H42N6O7S/c1-25-17-18-29-30(14-8-16-33(29)44-53(48,49)24-26-11-6-7-13-28(26)36(46)50-5)34(25)51-35-31(15-9-20-40-35)32-19-21-41-37(43-32)42-27-12-10-22-45(23-27)38(47)52-39(2,3)4/h6-9,11,13-21,27,44H,10,12,22-24H2,1-5H3,(H,41,42,43)/t27-/m0/s1. The highest BCUT2D eigenvalue weighted by atomic mass is 32.2. The molecule has 3 aromatic carbocycles. The molecule has 6 rings (SSSR count). The molecule has 1 aliphatic heterocycles. The molecular weight excluding hydrogens is 697 g/mol. The molecule has 0 spiro atoms. The molecule has 0 saturated carbocycles. The van der Waals surface area contributed by atoms with Crippen LogP contribution in [0.5, 0.6) is 11.6 Å². The van der Waals surface area contributed by atoms with Crippen LogP contribution in [0.1, 0.15) is 55.1 Å². The molecule has 1 amide bonds. The third kappa shape index (κ3) is 9.01. The van der Waals surface area contributed by atoms with Crippen LogP contribution in [0.4, 0.5) is 16.4 Å². The molecule has 13 nitrogen and oxygen atoms in total. The topological polar surface area (TPSA) is 162 Å². The molecule has 2 N–H and O–H groups in total. The lowest BCUT2D eigenvalue weighted by Crippen LogP contribution is -2.47. The zero-order chi connectivity index (χ0) is 37.8.